The van der Waals surface area contributed by atoms with Crippen molar-refractivity contribution in [1.29, 1.82) is 0 Å². The van der Waals surface area contributed by atoms with E-state index in [0.29, 0.717) is 5.56 Å². The molecule has 0 spiro atoms. The molecule has 0 bridgehead atoms. The summed E-state index contributed by atoms with van der Waals surface area (Å²) >= 11 is 1.65. The molecular formula is C17H15N3O2S. The average molecular weight is 325 g/mol. The normalized spacial score (nSPS) is 17.7. The number of H-pyrrole nitrogens is 1. The number of para-hydroxylation sites is 1. The van der Waals surface area contributed by atoms with Gasteiger partial charge in [-0.25, -0.2) is 4.98 Å². The average Bonchev–Trinajstić information content (AvgIpc) is 3.21. The highest BCUT2D eigenvalue weighted by Crippen LogP contribution is 2.37. The molecule has 0 aliphatic carbocycles. The third kappa shape index (κ3) is 2.55. The number of amides is 1. The van der Waals surface area contributed by atoms with Crippen molar-refractivity contribution in [2.75, 3.05) is 6.54 Å². The number of hydrogen-bond donors (Lipinski definition) is 1. The molecule has 1 aliphatic heterocycles. The van der Waals surface area contributed by atoms with Gasteiger partial charge in [0.2, 0.25) is 5.56 Å². The largest absolute Gasteiger partial charge is 0.329 e. The van der Waals surface area contributed by atoms with Crippen LogP contribution >= 0.6 is 11.3 Å². The van der Waals surface area contributed by atoms with Gasteiger partial charge in [-0.3, -0.25) is 9.59 Å². The summed E-state index contributed by atoms with van der Waals surface area (Å²) in [6.07, 6.45) is 3.38. The van der Waals surface area contributed by atoms with E-state index < -0.39 is 0 Å². The number of aromatic amines is 1. The zero-order valence-corrected chi connectivity index (χ0v) is 13.2. The lowest BCUT2D eigenvalue weighted by molar-refractivity contribution is 0.0735. The predicted octanol–water partition coefficient (Wildman–Crippen LogP) is 2.96. The van der Waals surface area contributed by atoms with Crippen molar-refractivity contribution in [3.8, 4) is 0 Å². The Morgan fingerprint density at radius 2 is 2.13 bits per heavy atom. The number of carbonyl (C=O) groups is 1. The summed E-state index contributed by atoms with van der Waals surface area (Å²) in [5.41, 5.74) is 1.29. The third-order valence-corrected chi connectivity index (χ3v) is 5.28. The van der Waals surface area contributed by atoms with Crippen LogP contribution in [-0.2, 0) is 0 Å². The maximum atomic E-state index is 12.7. The van der Waals surface area contributed by atoms with Gasteiger partial charge in [0, 0.05) is 18.8 Å². The number of aromatic nitrogens is 2. The van der Waals surface area contributed by atoms with Gasteiger partial charge in [0.15, 0.2) is 0 Å². The van der Waals surface area contributed by atoms with Crippen LogP contribution in [0.15, 0.2) is 47.4 Å². The van der Waals surface area contributed by atoms with E-state index >= 15 is 0 Å². The minimum atomic E-state index is -0.203. The maximum absolute atomic E-state index is 12.7. The van der Waals surface area contributed by atoms with E-state index in [4.69, 9.17) is 4.98 Å². The molecule has 5 nitrogen and oxygen atoms in total. The molecule has 1 N–H and O–H groups in total. The van der Waals surface area contributed by atoms with Gasteiger partial charge in [0.25, 0.3) is 5.91 Å². The summed E-state index contributed by atoms with van der Waals surface area (Å²) in [5, 5.41) is 0.987. The zero-order chi connectivity index (χ0) is 15.8. The van der Waals surface area contributed by atoms with Crippen molar-refractivity contribution in [1.82, 2.24) is 14.9 Å². The number of nitrogens with zero attached hydrogens (tertiary/aromatic N) is 2. The molecule has 3 aromatic rings. The van der Waals surface area contributed by atoms with Gasteiger partial charge in [0.1, 0.15) is 5.01 Å². The number of pyridine rings is 1. The molecule has 1 amide bonds. The Morgan fingerprint density at radius 1 is 1.26 bits per heavy atom. The van der Waals surface area contributed by atoms with Gasteiger partial charge in [-0.1, -0.05) is 12.1 Å². The zero-order valence-electron chi connectivity index (χ0n) is 12.4. The minimum absolute atomic E-state index is 0.0202. The van der Waals surface area contributed by atoms with Crippen LogP contribution in [0.5, 0.6) is 0 Å². The van der Waals surface area contributed by atoms with Gasteiger partial charge in [0.05, 0.1) is 21.8 Å². The van der Waals surface area contributed by atoms with Crippen molar-refractivity contribution in [3.05, 3.63) is 63.5 Å². The van der Waals surface area contributed by atoms with Gasteiger partial charge in [-0.2, -0.15) is 0 Å². The molecule has 1 aromatic carbocycles. The molecule has 0 radical (unpaired) electrons. The second kappa shape index (κ2) is 5.62. The summed E-state index contributed by atoms with van der Waals surface area (Å²) in [6, 6.07) is 11.0. The Hall–Kier alpha value is -2.47. The summed E-state index contributed by atoms with van der Waals surface area (Å²) in [4.78, 5) is 33.0. The lowest BCUT2D eigenvalue weighted by atomic mass is 10.2. The Morgan fingerprint density at radius 3 is 2.91 bits per heavy atom. The number of likely N-dealkylation sites (tertiary alicyclic amines) is 1. The molecule has 0 saturated carbocycles. The molecule has 1 aliphatic rings. The monoisotopic (exact) mass is 325 g/mol. The number of rotatable bonds is 2. The molecule has 116 valence electrons. The van der Waals surface area contributed by atoms with E-state index in [0.717, 1.165) is 34.6 Å². The van der Waals surface area contributed by atoms with Crippen LogP contribution in [0.25, 0.3) is 10.2 Å². The number of nitrogens with one attached hydrogen (secondary N) is 1. The van der Waals surface area contributed by atoms with E-state index in [9.17, 15) is 9.59 Å². The van der Waals surface area contributed by atoms with Crippen molar-refractivity contribution in [2.45, 2.75) is 18.9 Å². The van der Waals surface area contributed by atoms with E-state index in [-0.39, 0.29) is 17.5 Å². The third-order valence-electron chi connectivity index (χ3n) is 4.14. The smallest absolute Gasteiger partial charge is 0.255 e. The van der Waals surface area contributed by atoms with Gasteiger partial charge in [-0.05, 0) is 31.0 Å². The van der Waals surface area contributed by atoms with Gasteiger partial charge in [-0.15, -0.1) is 11.3 Å². The van der Waals surface area contributed by atoms with Crippen LogP contribution in [0.4, 0.5) is 0 Å². The fraction of sp³-hybridized carbons (Fsp3) is 0.235. The number of fused-ring (bicyclic) bond motifs is 1. The first-order valence-corrected chi connectivity index (χ1v) is 8.39. The van der Waals surface area contributed by atoms with Crippen LogP contribution < -0.4 is 5.56 Å². The second-order valence-electron chi connectivity index (χ2n) is 5.62. The first-order valence-electron chi connectivity index (χ1n) is 7.57. The van der Waals surface area contributed by atoms with E-state index in [1.54, 1.807) is 17.4 Å². The molecule has 1 fully saturated rings. The molecule has 1 saturated heterocycles. The van der Waals surface area contributed by atoms with E-state index in [1.807, 2.05) is 23.1 Å². The molecule has 4 rings (SSSR count). The fourth-order valence-corrected chi connectivity index (χ4v) is 4.12. The molecule has 2 aromatic heterocycles. The Kier molecular flexibility index (Phi) is 3.46. The fourth-order valence-electron chi connectivity index (χ4n) is 3.01. The van der Waals surface area contributed by atoms with Crippen molar-refractivity contribution in [3.63, 3.8) is 0 Å². The van der Waals surface area contributed by atoms with E-state index in [2.05, 4.69) is 11.1 Å². The molecule has 1 atom stereocenters. The quantitative estimate of drug-likeness (QED) is 0.788. The first-order chi connectivity index (χ1) is 11.2. The molecule has 23 heavy (non-hydrogen) atoms. The highest BCUT2D eigenvalue weighted by atomic mass is 32.1. The molecule has 1 unspecified atom stereocenters. The SMILES string of the molecule is O=C(c1ccc(=O)[nH]c1)N1CCCC1c1nc2ccccc2s1. The highest BCUT2D eigenvalue weighted by molar-refractivity contribution is 7.18. The Balaban J connectivity index is 1.67. The Bertz CT molecular complexity index is 877. The first kappa shape index (κ1) is 14.1. The molecule has 3 heterocycles. The second-order valence-corrected chi connectivity index (χ2v) is 6.68. The lowest BCUT2D eigenvalue weighted by Gasteiger charge is -2.23. The standard InChI is InChI=1S/C17H15N3O2S/c21-15-8-7-11(10-18-15)17(22)20-9-3-5-13(20)16-19-12-4-1-2-6-14(12)23-16/h1-2,4,6-8,10,13H,3,5,9H2,(H,18,21). The summed E-state index contributed by atoms with van der Waals surface area (Å²) in [6.45, 7) is 0.721. The summed E-state index contributed by atoms with van der Waals surface area (Å²) in [5.74, 6) is -0.0528. The summed E-state index contributed by atoms with van der Waals surface area (Å²) in [7, 11) is 0. The van der Waals surface area contributed by atoms with Crippen molar-refractivity contribution < 1.29 is 4.79 Å². The number of hydrogen-bond acceptors (Lipinski definition) is 4. The highest BCUT2D eigenvalue weighted by Gasteiger charge is 2.32. The van der Waals surface area contributed by atoms with E-state index in [1.165, 1.54) is 12.3 Å². The number of carbonyl (C=O) groups excluding carboxylic acids is 1. The lowest BCUT2D eigenvalue weighted by Crippen LogP contribution is -2.30. The van der Waals surface area contributed by atoms with Gasteiger partial charge < -0.3 is 9.88 Å². The number of benzene rings is 1. The molecule has 6 heteroatoms. The van der Waals surface area contributed by atoms with Crippen LogP contribution in [0.2, 0.25) is 0 Å². The number of thiazole rings is 1. The van der Waals surface area contributed by atoms with Crippen LogP contribution in [-0.4, -0.2) is 27.3 Å². The maximum Gasteiger partial charge on any atom is 0.255 e. The Labute approximate surface area is 136 Å². The predicted molar refractivity (Wildman–Crippen MR) is 89.7 cm³/mol. The summed E-state index contributed by atoms with van der Waals surface area (Å²) < 4.78 is 1.14. The van der Waals surface area contributed by atoms with Crippen LogP contribution in [0.1, 0.15) is 34.2 Å². The van der Waals surface area contributed by atoms with Gasteiger partial charge >= 0.3 is 0 Å². The topological polar surface area (TPSA) is 66.1 Å². The molecular weight excluding hydrogens is 310 g/mol. The van der Waals surface area contributed by atoms with Crippen molar-refractivity contribution >= 4 is 27.5 Å². The van der Waals surface area contributed by atoms with Crippen LogP contribution in [0, 0.1) is 0 Å². The van der Waals surface area contributed by atoms with Crippen LogP contribution in [0.3, 0.4) is 0 Å². The minimum Gasteiger partial charge on any atom is -0.329 e. The van der Waals surface area contributed by atoms with Crippen molar-refractivity contribution in [2.24, 2.45) is 0 Å².